The maximum atomic E-state index is 13.3. The van der Waals surface area contributed by atoms with Crippen LogP contribution in [0.15, 0.2) is 60.4 Å². The quantitative estimate of drug-likeness (QED) is 0.551. The van der Waals surface area contributed by atoms with Gasteiger partial charge in [-0.1, -0.05) is 30.3 Å². The molecule has 30 heavy (non-hydrogen) atoms. The van der Waals surface area contributed by atoms with E-state index in [4.69, 9.17) is 5.73 Å². The highest BCUT2D eigenvalue weighted by molar-refractivity contribution is 7.18. The van der Waals surface area contributed by atoms with Gasteiger partial charge in [-0.25, -0.2) is 15.0 Å². The molecule has 3 aromatic heterocycles. The first-order chi connectivity index (χ1) is 14.7. The number of fused-ring (bicyclic) bond motifs is 1. The van der Waals surface area contributed by atoms with E-state index in [9.17, 15) is 4.79 Å². The van der Waals surface area contributed by atoms with E-state index in [-0.39, 0.29) is 5.91 Å². The lowest BCUT2D eigenvalue weighted by atomic mass is 10.0. The Morgan fingerprint density at radius 2 is 1.70 bits per heavy atom. The average Bonchev–Trinajstić information content (AvgIpc) is 3.26. The van der Waals surface area contributed by atoms with Gasteiger partial charge in [-0.15, -0.1) is 11.3 Å². The van der Waals surface area contributed by atoms with E-state index in [2.05, 4.69) is 25.2 Å². The van der Waals surface area contributed by atoms with E-state index in [1.54, 1.807) is 36.0 Å². The highest BCUT2D eigenvalue weighted by atomic mass is 32.1. The molecule has 0 radical (unpaired) electrons. The molecule has 0 unspecified atom stereocenters. The summed E-state index contributed by atoms with van der Waals surface area (Å²) in [5.74, 6) is 1.14. The van der Waals surface area contributed by atoms with E-state index >= 15 is 0 Å². The van der Waals surface area contributed by atoms with Crippen molar-refractivity contribution >= 4 is 39.1 Å². The summed E-state index contributed by atoms with van der Waals surface area (Å²) in [7, 11) is 0. The maximum absolute atomic E-state index is 13.3. The van der Waals surface area contributed by atoms with Gasteiger partial charge in [0, 0.05) is 55.7 Å². The van der Waals surface area contributed by atoms with Crippen molar-refractivity contribution in [1.82, 2.24) is 19.9 Å². The number of thiophene rings is 1. The molecule has 0 atom stereocenters. The van der Waals surface area contributed by atoms with Gasteiger partial charge in [-0.3, -0.25) is 4.79 Å². The summed E-state index contributed by atoms with van der Waals surface area (Å²) in [5.41, 5.74) is 8.91. The van der Waals surface area contributed by atoms with Gasteiger partial charge < -0.3 is 15.5 Å². The number of nitrogen functional groups attached to an aromatic ring is 1. The van der Waals surface area contributed by atoms with Crippen molar-refractivity contribution in [2.75, 3.05) is 36.8 Å². The summed E-state index contributed by atoms with van der Waals surface area (Å²) in [6.07, 6.45) is 5.08. The third kappa shape index (κ3) is 3.25. The van der Waals surface area contributed by atoms with Crippen molar-refractivity contribution in [1.29, 1.82) is 0 Å². The van der Waals surface area contributed by atoms with E-state index in [1.807, 2.05) is 35.2 Å². The number of aromatic nitrogens is 3. The van der Waals surface area contributed by atoms with E-state index in [0.717, 1.165) is 21.2 Å². The number of rotatable bonds is 3. The molecule has 4 heterocycles. The highest BCUT2D eigenvalue weighted by Gasteiger charge is 2.26. The van der Waals surface area contributed by atoms with E-state index in [0.29, 0.717) is 43.5 Å². The van der Waals surface area contributed by atoms with Gasteiger partial charge in [0.25, 0.3) is 5.91 Å². The molecule has 4 aromatic rings. The van der Waals surface area contributed by atoms with Crippen molar-refractivity contribution in [2.45, 2.75) is 0 Å². The number of carbonyl (C=O) groups is 1. The van der Waals surface area contributed by atoms with Crippen LogP contribution in [0.5, 0.6) is 0 Å². The van der Waals surface area contributed by atoms with Crippen molar-refractivity contribution in [2.24, 2.45) is 0 Å². The summed E-state index contributed by atoms with van der Waals surface area (Å²) in [6.45, 7) is 2.61. The van der Waals surface area contributed by atoms with Crippen LogP contribution in [0.3, 0.4) is 0 Å². The summed E-state index contributed by atoms with van der Waals surface area (Å²) in [6, 6.07) is 11.9. The topological polar surface area (TPSA) is 88.2 Å². The first-order valence-electron chi connectivity index (χ1n) is 9.74. The second-order valence-corrected chi connectivity index (χ2v) is 7.98. The number of carbonyl (C=O) groups excluding carboxylic acids is 1. The van der Waals surface area contributed by atoms with Crippen LogP contribution in [-0.2, 0) is 0 Å². The van der Waals surface area contributed by atoms with Crippen molar-refractivity contribution in [3.05, 3.63) is 65.9 Å². The smallest absolute Gasteiger partial charge is 0.257 e. The molecule has 0 aliphatic carbocycles. The minimum atomic E-state index is -0.0115. The number of amides is 1. The van der Waals surface area contributed by atoms with Gasteiger partial charge in [0.15, 0.2) is 0 Å². The third-order valence-electron chi connectivity index (χ3n) is 5.34. The number of benzene rings is 1. The van der Waals surface area contributed by atoms with E-state index in [1.165, 1.54) is 0 Å². The van der Waals surface area contributed by atoms with Gasteiger partial charge in [-0.2, -0.15) is 0 Å². The number of nitrogens with two attached hydrogens (primary N) is 1. The van der Waals surface area contributed by atoms with Gasteiger partial charge in [0.05, 0.1) is 10.3 Å². The van der Waals surface area contributed by atoms with Crippen LogP contribution in [0.1, 0.15) is 10.4 Å². The van der Waals surface area contributed by atoms with Gasteiger partial charge in [0.2, 0.25) is 5.95 Å². The molecule has 150 valence electrons. The fourth-order valence-corrected chi connectivity index (χ4v) is 4.87. The second kappa shape index (κ2) is 7.72. The Morgan fingerprint density at radius 3 is 2.43 bits per heavy atom. The standard InChI is InChI=1S/C22H20N6OS/c23-20-18-17(15-5-2-1-3-6-15)14-30-19(18)16(13-26-20)21(29)27-9-11-28(12-10-27)22-24-7-4-8-25-22/h1-8,13-14H,9-12H2,(H2,23,26). The molecule has 1 aliphatic heterocycles. The Morgan fingerprint density at radius 1 is 0.967 bits per heavy atom. The molecule has 1 fully saturated rings. The third-order valence-corrected chi connectivity index (χ3v) is 6.35. The summed E-state index contributed by atoms with van der Waals surface area (Å²) < 4.78 is 0.889. The molecule has 0 spiro atoms. The number of hydrogen-bond donors (Lipinski definition) is 1. The van der Waals surface area contributed by atoms with Gasteiger partial charge >= 0.3 is 0 Å². The lowest BCUT2D eigenvalue weighted by Gasteiger charge is -2.34. The van der Waals surface area contributed by atoms with E-state index < -0.39 is 0 Å². The van der Waals surface area contributed by atoms with Crippen LogP contribution in [0, 0.1) is 0 Å². The predicted molar refractivity (Wildman–Crippen MR) is 120 cm³/mol. The molecule has 7 nitrogen and oxygen atoms in total. The average molecular weight is 417 g/mol. The molecule has 0 bridgehead atoms. The molecule has 1 saturated heterocycles. The molecule has 1 aliphatic rings. The molecular weight excluding hydrogens is 396 g/mol. The number of piperazine rings is 1. The lowest BCUT2D eigenvalue weighted by molar-refractivity contribution is 0.0748. The van der Waals surface area contributed by atoms with Crippen LogP contribution in [-0.4, -0.2) is 51.9 Å². The highest BCUT2D eigenvalue weighted by Crippen LogP contribution is 2.38. The Balaban J connectivity index is 1.42. The van der Waals surface area contributed by atoms with Crippen LogP contribution < -0.4 is 10.6 Å². The largest absolute Gasteiger partial charge is 0.383 e. The molecule has 2 N–H and O–H groups in total. The fraction of sp³-hybridized carbons (Fsp3) is 0.182. The van der Waals surface area contributed by atoms with Crippen molar-refractivity contribution in [3.63, 3.8) is 0 Å². The van der Waals surface area contributed by atoms with Crippen LogP contribution in [0.4, 0.5) is 11.8 Å². The molecule has 0 saturated carbocycles. The zero-order valence-corrected chi connectivity index (χ0v) is 17.0. The van der Waals surface area contributed by atoms with Crippen LogP contribution >= 0.6 is 11.3 Å². The molecule has 1 amide bonds. The number of anilines is 2. The minimum absolute atomic E-state index is 0.0115. The first-order valence-corrected chi connectivity index (χ1v) is 10.6. The van der Waals surface area contributed by atoms with Crippen LogP contribution in [0.25, 0.3) is 21.2 Å². The maximum Gasteiger partial charge on any atom is 0.257 e. The lowest BCUT2D eigenvalue weighted by Crippen LogP contribution is -2.49. The summed E-state index contributed by atoms with van der Waals surface area (Å²) in [5, 5.41) is 2.91. The second-order valence-electron chi connectivity index (χ2n) is 7.10. The normalized spacial score (nSPS) is 14.3. The predicted octanol–water partition coefficient (Wildman–Crippen LogP) is 3.30. The Hall–Kier alpha value is -3.52. The monoisotopic (exact) mass is 416 g/mol. The molecular formula is C22H20N6OS. The van der Waals surface area contributed by atoms with Gasteiger partial charge in [-0.05, 0) is 17.0 Å². The number of hydrogen-bond acceptors (Lipinski definition) is 7. The SMILES string of the molecule is Nc1ncc(C(=O)N2CCN(c3ncccn3)CC2)c2scc(-c3ccccc3)c12. The fourth-order valence-electron chi connectivity index (χ4n) is 3.78. The Bertz CT molecular complexity index is 1190. The Labute approximate surface area is 177 Å². The van der Waals surface area contributed by atoms with Crippen molar-refractivity contribution in [3.8, 4) is 11.1 Å². The minimum Gasteiger partial charge on any atom is -0.383 e. The molecule has 1 aromatic carbocycles. The van der Waals surface area contributed by atoms with Gasteiger partial charge in [0.1, 0.15) is 5.82 Å². The summed E-state index contributed by atoms with van der Waals surface area (Å²) >= 11 is 1.54. The number of pyridine rings is 1. The van der Waals surface area contributed by atoms with Crippen molar-refractivity contribution < 1.29 is 4.79 Å². The number of nitrogens with zero attached hydrogens (tertiary/aromatic N) is 5. The molecule has 5 rings (SSSR count). The first kappa shape index (κ1) is 18.5. The van der Waals surface area contributed by atoms with Crippen LogP contribution in [0.2, 0.25) is 0 Å². The zero-order chi connectivity index (χ0) is 20.5. The Kier molecular flexibility index (Phi) is 4.76. The summed E-state index contributed by atoms with van der Waals surface area (Å²) in [4.78, 5) is 30.2. The zero-order valence-electron chi connectivity index (χ0n) is 16.2. The molecule has 8 heteroatoms.